The standard InChI is InChI=1S/C70H66N4O/c1-67(2,3)54-35-36-71-66(43-54)74-63-34-31-55(69(7,8)52-27-19-13-20-28-52)42-62(63)61-33-32-59(45-64(61)74)75-60-40-51(49-25-17-12-18-26-49)38-57(44-60)72-46-65(70(9,10)53-29-21-14-22-30-53)73(47-72)58-39-50(48-23-15-11-16-24-48)37-56(41-58)68(4,5)6/h11-46H,1-10H3. The maximum Gasteiger partial charge on any atom is 0.269 e. The van der Waals surface area contributed by atoms with Gasteiger partial charge < -0.3 is 4.74 Å². The number of imidazole rings is 1. The van der Waals surface area contributed by atoms with Crippen molar-refractivity contribution in [3.05, 3.63) is 258 Å². The minimum Gasteiger partial charge on any atom is -0.458 e. The largest absolute Gasteiger partial charge is 0.458 e. The van der Waals surface area contributed by atoms with Gasteiger partial charge in [0.2, 0.25) is 0 Å². The van der Waals surface area contributed by atoms with Gasteiger partial charge in [-0.05, 0) is 128 Å². The molecule has 0 radical (unpaired) electrons. The van der Waals surface area contributed by atoms with E-state index in [1.54, 1.807) is 0 Å². The van der Waals surface area contributed by atoms with Gasteiger partial charge in [-0.15, -0.1) is 0 Å². The fourth-order valence-corrected chi connectivity index (χ4v) is 10.6. The second kappa shape index (κ2) is 18.9. The van der Waals surface area contributed by atoms with E-state index in [2.05, 4.69) is 302 Å². The maximum absolute atomic E-state index is 7.12. The highest BCUT2D eigenvalue weighted by molar-refractivity contribution is 6.10. The lowest BCUT2D eigenvalue weighted by molar-refractivity contribution is -0.611. The van der Waals surface area contributed by atoms with Gasteiger partial charge in [0.25, 0.3) is 6.33 Å². The topological polar surface area (TPSA) is 35.9 Å². The van der Waals surface area contributed by atoms with Crippen LogP contribution >= 0.6 is 0 Å². The van der Waals surface area contributed by atoms with Crippen LogP contribution in [0.1, 0.15) is 103 Å². The van der Waals surface area contributed by atoms with Crippen molar-refractivity contribution in [2.45, 2.75) is 90.9 Å². The van der Waals surface area contributed by atoms with E-state index >= 15 is 0 Å². The Morgan fingerprint density at radius 3 is 1.65 bits per heavy atom. The molecule has 3 heterocycles. The summed E-state index contributed by atoms with van der Waals surface area (Å²) < 4.78 is 13.8. The highest BCUT2D eigenvalue weighted by atomic mass is 16.5. The monoisotopic (exact) mass is 979 g/mol. The van der Waals surface area contributed by atoms with Crippen LogP contribution in [0, 0.1) is 6.33 Å². The second-order valence-corrected chi connectivity index (χ2v) is 23.3. The molecule has 0 saturated carbocycles. The number of rotatable bonds is 11. The summed E-state index contributed by atoms with van der Waals surface area (Å²) in [5, 5.41) is 2.31. The Morgan fingerprint density at radius 2 is 1.03 bits per heavy atom. The third kappa shape index (κ3) is 9.49. The predicted molar refractivity (Wildman–Crippen MR) is 310 cm³/mol. The first-order valence-electron chi connectivity index (χ1n) is 26.3. The summed E-state index contributed by atoms with van der Waals surface area (Å²) in [6, 6.07) is 74.1. The molecule has 0 spiro atoms. The van der Waals surface area contributed by atoms with Crippen molar-refractivity contribution < 1.29 is 9.30 Å². The third-order valence-corrected chi connectivity index (χ3v) is 15.3. The van der Waals surface area contributed by atoms with Gasteiger partial charge in [0, 0.05) is 40.1 Å². The van der Waals surface area contributed by atoms with Crippen molar-refractivity contribution in [3.63, 3.8) is 0 Å². The molecular formula is C70H66N4O. The fraction of sp³-hybridized carbons (Fsp3) is 0.200. The van der Waals surface area contributed by atoms with Gasteiger partial charge in [0.15, 0.2) is 0 Å². The summed E-state index contributed by atoms with van der Waals surface area (Å²) in [5.74, 6) is 2.31. The average Bonchev–Trinajstić information content (AvgIpc) is 4.03. The van der Waals surface area contributed by atoms with E-state index < -0.39 is 5.41 Å². The number of aromatic nitrogens is 4. The van der Waals surface area contributed by atoms with E-state index in [1.807, 2.05) is 6.20 Å². The number of benzene rings is 8. The minimum atomic E-state index is -0.406. The molecule has 0 amide bonds. The molecule has 3 aromatic heterocycles. The number of ether oxygens (including phenoxy) is 1. The fourth-order valence-electron chi connectivity index (χ4n) is 10.6. The lowest BCUT2D eigenvalue weighted by Gasteiger charge is -2.28. The molecule has 0 unspecified atom stereocenters. The maximum atomic E-state index is 7.12. The molecule has 0 aliphatic heterocycles. The van der Waals surface area contributed by atoms with Crippen LogP contribution in [0.25, 0.3) is 61.3 Å². The summed E-state index contributed by atoms with van der Waals surface area (Å²) in [5.41, 5.74) is 15.1. The highest BCUT2D eigenvalue weighted by Crippen LogP contribution is 2.41. The molecular weight excluding hydrogens is 913 g/mol. The first-order valence-corrected chi connectivity index (χ1v) is 26.3. The van der Waals surface area contributed by atoms with Crippen LogP contribution in [-0.2, 0) is 21.7 Å². The molecule has 0 aliphatic rings. The van der Waals surface area contributed by atoms with Crippen molar-refractivity contribution in [2.24, 2.45) is 0 Å². The van der Waals surface area contributed by atoms with E-state index in [-0.39, 0.29) is 16.2 Å². The van der Waals surface area contributed by atoms with E-state index in [0.717, 1.165) is 56.2 Å². The smallest absolute Gasteiger partial charge is 0.269 e. The third-order valence-electron chi connectivity index (χ3n) is 15.3. The normalized spacial score (nSPS) is 12.4. The van der Waals surface area contributed by atoms with Gasteiger partial charge in [-0.1, -0.05) is 203 Å². The summed E-state index contributed by atoms with van der Waals surface area (Å²) in [4.78, 5) is 5.04. The average molecular weight is 979 g/mol. The van der Waals surface area contributed by atoms with Gasteiger partial charge in [-0.2, -0.15) is 0 Å². The SMILES string of the molecule is CC(C)(C)c1cc(-c2ccccc2)cc(-[n+]2[c-]n(-c3cc(Oc4ccc5c6cc(C(C)(C)c7ccccc7)ccc6n(-c6cc(C(C)(C)C)ccn6)c5c4)cc(-c4ccccc4)c3)cc2C(C)(C)c2ccccc2)c1. The van der Waals surface area contributed by atoms with Crippen LogP contribution in [0.3, 0.4) is 0 Å². The number of fused-ring (bicyclic) bond motifs is 3. The lowest BCUT2D eigenvalue weighted by atomic mass is 9.78. The molecule has 5 heteroatoms. The van der Waals surface area contributed by atoms with Crippen LogP contribution in [-0.4, -0.2) is 14.1 Å². The van der Waals surface area contributed by atoms with Crippen molar-refractivity contribution in [1.82, 2.24) is 14.1 Å². The minimum absolute atomic E-state index is 0.0604. The zero-order chi connectivity index (χ0) is 52.3. The van der Waals surface area contributed by atoms with E-state index in [0.29, 0.717) is 5.75 Å². The molecule has 11 aromatic rings. The van der Waals surface area contributed by atoms with Crippen molar-refractivity contribution in [2.75, 3.05) is 0 Å². The number of hydrogen-bond acceptors (Lipinski definition) is 2. The highest BCUT2D eigenvalue weighted by Gasteiger charge is 2.30. The first-order chi connectivity index (χ1) is 35.9. The quantitative estimate of drug-likeness (QED) is 0.0956. The van der Waals surface area contributed by atoms with Crippen LogP contribution in [0.15, 0.2) is 219 Å². The van der Waals surface area contributed by atoms with Gasteiger partial charge >= 0.3 is 0 Å². The number of nitrogens with zero attached hydrogens (tertiary/aromatic N) is 4. The van der Waals surface area contributed by atoms with Gasteiger partial charge in [-0.3, -0.25) is 13.7 Å². The summed E-state index contributed by atoms with van der Waals surface area (Å²) in [7, 11) is 0. The Morgan fingerprint density at radius 1 is 0.427 bits per heavy atom. The van der Waals surface area contributed by atoms with Gasteiger partial charge in [0.05, 0.1) is 28.1 Å². The zero-order valence-corrected chi connectivity index (χ0v) is 45.0. The molecule has 75 heavy (non-hydrogen) atoms. The van der Waals surface area contributed by atoms with Crippen LogP contribution in [0.4, 0.5) is 0 Å². The number of pyridine rings is 1. The van der Waals surface area contributed by atoms with Crippen LogP contribution < -0.4 is 9.30 Å². The molecule has 0 atom stereocenters. The molecule has 0 aliphatic carbocycles. The Hall–Kier alpha value is -8.28. The lowest BCUT2D eigenvalue weighted by Crippen LogP contribution is -2.40. The molecule has 0 N–H and O–H groups in total. The van der Waals surface area contributed by atoms with Crippen molar-refractivity contribution >= 4 is 21.8 Å². The van der Waals surface area contributed by atoms with Crippen molar-refractivity contribution in [3.8, 4) is 50.9 Å². The Bertz CT molecular complexity index is 3850. The Kier molecular flexibility index (Phi) is 12.3. The van der Waals surface area contributed by atoms with E-state index in [9.17, 15) is 0 Å². The molecule has 372 valence electrons. The van der Waals surface area contributed by atoms with E-state index in [1.165, 1.54) is 44.3 Å². The molecule has 0 fully saturated rings. The summed E-state index contributed by atoms with van der Waals surface area (Å²) >= 11 is 0. The van der Waals surface area contributed by atoms with Crippen LogP contribution in [0.2, 0.25) is 0 Å². The molecule has 8 aromatic carbocycles. The van der Waals surface area contributed by atoms with Gasteiger partial charge in [0.1, 0.15) is 17.3 Å². The Balaban J connectivity index is 1.08. The van der Waals surface area contributed by atoms with E-state index in [4.69, 9.17) is 9.72 Å². The van der Waals surface area contributed by atoms with Gasteiger partial charge in [-0.25, -0.2) is 4.98 Å². The summed E-state index contributed by atoms with van der Waals surface area (Å²) in [6.07, 6.45) is 8.08. The molecule has 5 nitrogen and oxygen atoms in total. The summed E-state index contributed by atoms with van der Waals surface area (Å²) in [6.45, 7) is 22.8. The predicted octanol–water partition coefficient (Wildman–Crippen LogP) is 17.4. The molecule has 11 rings (SSSR count). The van der Waals surface area contributed by atoms with Crippen LogP contribution in [0.5, 0.6) is 11.5 Å². The first kappa shape index (κ1) is 49.0. The molecule has 0 saturated heterocycles. The molecule has 0 bridgehead atoms. The number of hydrogen-bond donors (Lipinski definition) is 0. The second-order valence-electron chi connectivity index (χ2n) is 23.3. The zero-order valence-electron chi connectivity index (χ0n) is 45.0. The Labute approximate surface area is 443 Å². The van der Waals surface area contributed by atoms with Crippen molar-refractivity contribution in [1.29, 1.82) is 0 Å².